The van der Waals surface area contributed by atoms with Crippen LogP contribution in [0.3, 0.4) is 0 Å². The van der Waals surface area contributed by atoms with E-state index in [9.17, 15) is 5.11 Å². The Kier molecular flexibility index (Phi) is 11.1. The van der Waals surface area contributed by atoms with E-state index >= 15 is 0 Å². The van der Waals surface area contributed by atoms with Gasteiger partial charge in [-0.1, -0.05) is 34.9 Å². The third-order valence-corrected chi connectivity index (χ3v) is 8.68. The maximum absolute atomic E-state index is 11.1. The maximum Gasteiger partial charge on any atom is 0.127 e. The van der Waals surface area contributed by atoms with Crippen molar-refractivity contribution >= 4 is 0 Å². The Balaban J connectivity index is 1.58. The lowest BCUT2D eigenvalue weighted by molar-refractivity contribution is 0.0555. The molecule has 0 aromatic heterocycles. The molecule has 0 radical (unpaired) electrons. The van der Waals surface area contributed by atoms with E-state index in [2.05, 4.69) is 83.5 Å². The van der Waals surface area contributed by atoms with Crippen molar-refractivity contribution in [2.24, 2.45) is 0 Å². The highest BCUT2D eigenvalue weighted by atomic mass is 16.5. The summed E-state index contributed by atoms with van der Waals surface area (Å²) in [6, 6.07) is 0. The van der Waals surface area contributed by atoms with Gasteiger partial charge in [0.05, 0.1) is 0 Å². The van der Waals surface area contributed by atoms with Crippen LogP contribution in [0.2, 0.25) is 0 Å². The number of fused-ring (bicyclic) bond motifs is 1. The van der Waals surface area contributed by atoms with Gasteiger partial charge in [-0.25, -0.2) is 0 Å². The van der Waals surface area contributed by atoms with Gasteiger partial charge in [-0.05, 0) is 118 Å². The molecule has 2 aliphatic heterocycles. The molecule has 4 heteroatoms. The minimum absolute atomic E-state index is 0.162. The summed E-state index contributed by atoms with van der Waals surface area (Å²) in [7, 11) is 2.18. The Labute approximate surface area is 233 Å². The molecular formula is C34H54N2O2. The van der Waals surface area contributed by atoms with Crippen molar-refractivity contribution in [1.82, 2.24) is 9.80 Å². The number of hydrogen-bond acceptors (Lipinski definition) is 4. The van der Waals surface area contributed by atoms with Crippen LogP contribution in [0.5, 0.6) is 11.5 Å². The number of likely N-dealkylation sites (N-methyl/N-ethyl adjacent to an activating group) is 1. The fourth-order valence-electron chi connectivity index (χ4n) is 5.77. The molecule has 3 rings (SSSR count). The van der Waals surface area contributed by atoms with E-state index < -0.39 is 0 Å². The average Bonchev–Trinajstić information content (AvgIpc) is 2.86. The van der Waals surface area contributed by atoms with Gasteiger partial charge in [-0.15, -0.1) is 0 Å². The van der Waals surface area contributed by atoms with Gasteiger partial charge < -0.3 is 14.7 Å². The molecule has 1 saturated heterocycles. The molecule has 1 atom stereocenters. The van der Waals surface area contributed by atoms with E-state index in [1.165, 1.54) is 28.7 Å². The summed E-state index contributed by atoms with van der Waals surface area (Å²) in [4.78, 5) is 4.83. The van der Waals surface area contributed by atoms with E-state index in [0.717, 1.165) is 100 Å². The number of phenols is 1. The second-order valence-electron chi connectivity index (χ2n) is 12.5. The Bertz CT molecular complexity index is 1040. The van der Waals surface area contributed by atoms with Gasteiger partial charge in [0.25, 0.3) is 0 Å². The second kappa shape index (κ2) is 13.8. The van der Waals surface area contributed by atoms with Crippen LogP contribution in [0.15, 0.2) is 34.9 Å². The summed E-state index contributed by atoms with van der Waals surface area (Å²) >= 11 is 0. The van der Waals surface area contributed by atoms with E-state index in [-0.39, 0.29) is 5.60 Å². The second-order valence-corrected chi connectivity index (χ2v) is 12.5. The largest absolute Gasteiger partial charge is 0.507 e. The average molecular weight is 523 g/mol. The number of hydrogen-bond donors (Lipinski definition) is 1. The highest BCUT2D eigenvalue weighted by molar-refractivity contribution is 5.59. The Hall–Kier alpha value is -2.04. The molecule has 1 aromatic rings. The summed E-state index contributed by atoms with van der Waals surface area (Å²) in [6.45, 7) is 20.4. The topological polar surface area (TPSA) is 35.9 Å². The third kappa shape index (κ3) is 8.48. The van der Waals surface area contributed by atoms with Crippen LogP contribution < -0.4 is 4.74 Å². The number of benzene rings is 1. The first-order valence-corrected chi connectivity index (χ1v) is 14.9. The number of allylic oxidation sites excluding steroid dienone is 6. The van der Waals surface area contributed by atoms with Gasteiger partial charge >= 0.3 is 0 Å². The molecule has 1 N–H and O–H groups in total. The normalized spacial score (nSPS) is 21.3. The Morgan fingerprint density at radius 2 is 1.50 bits per heavy atom. The number of rotatable bonds is 11. The number of aromatic hydroxyl groups is 1. The van der Waals surface area contributed by atoms with Crippen LogP contribution in [0, 0.1) is 13.8 Å². The molecule has 1 unspecified atom stereocenters. The predicted molar refractivity (Wildman–Crippen MR) is 162 cm³/mol. The summed E-state index contributed by atoms with van der Waals surface area (Å²) in [6.07, 6.45) is 15.8. The Morgan fingerprint density at radius 3 is 2.13 bits per heavy atom. The lowest BCUT2D eigenvalue weighted by Gasteiger charge is -2.39. The van der Waals surface area contributed by atoms with E-state index in [0.29, 0.717) is 5.75 Å². The molecule has 0 spiro atoms. The smallest absolute Gasteiger partial charge is 0.127 e. The standard InChI is InChI=1S/C34H54N2O2/c1-25(2)12-9-13-26(3)14-10-15-27(4)16-11-18-34(7)19-17-30-28(5)32(37)31(29(6)33(30)38-34)24-36-22-20-35(8)21-23-36/h12,14,16,37H,9-11,13,15,17-24H2,1-8H3/b26-14-,27-16-. The van der Waals surface area contributed by atoms with Crippen molar-refractivity contribution in [3.05, 3.63) is 57.2 Å². The zero-order valence-electron chi connectivity index (χ0n) is 25.7. The highest BCUT2D eigenvalue weighted by Gasteiger charge is 2.34. The molecule has 0 aliphatic carbocycles. The number of phenolic OH excluding ortho intramolecular Hbond substituents is 1. The molecule has 0 bridgehead atoms. The van der Waals surface area contributed by atoms with Crippen molar-refractivity contribution in [1.29, 1.82) is 0 Å². The van der Waals surface area contributed by atoms with E-state index in [1.54, 1.807) is 0 Å². The number of piperazine rings is 1. The van der Waals surface area contributed by atoms with Crippen molar-refractivity contribution in [3.8, 4) is 11.5 Å². The molecule has 2 aliphatic rings. The predicted octanol–water partition coefficient (Wildman–Crippen LogP) is 8.04. The maximum atomic E-state index is 11.1. The first-order valence-electron chi connectivity index (χ1n) is 14.9. The molecule has 0 saturated carbocycles. The highest BCUT2D eigenvalue weighted by Crippen LogP contribution is 2.45. The fraction of sp³-hybridized carbons (Fsp3) is 0.647. The quantitative estimate of drug-likeness (QED) is 0.298. The SMILES string of the molecule is CC(C)=CCC/C(C)=C\CC/C(C)=C\CCC1(C)CCc2c(C)c(O)c(CN3CCN(C)CC3)c(C)c2O1. The minimum Gasteiger partial charge on any atom is -0.507 e. The van der Waals surface area contributed by atoms with Crippen LogP contribution in [0.1, 0.15) is 102 Å². The van der Waals surface area contributed by atoms with Gasteiger partial charge in [0, 0.05) is 43.9 Å². The number of nitrogens with zero attached hydrogens (tertiary/aromatic N) is 2. The zero-order chi connectivity index (χ0) is 27.9. The van der Waals surface area contributed by atoms with Gasteiger partial charge in [-0.3, -0.25) is 4.90 Å². The van der Waals surface area contributed by atoms with E-state index in [1.807, 2.05) is 0 Å². The first-order chi connectivity index (χ1) is 18.0. The van der Waals surface area contributed by atoms with Crippen molar-refractivity contribution < 1.29 is 9.84 Å². The van der Waals surface area contributed by atoms with Crippen molar-refractivity contribution in [2.45, 2.75) is 112 Å². The van der Waals surface area contributed by atoms with Gasteiger partial charge in [0.1, 0.15) is 17.1 Å². The van der Waals surface area contributed by atoms with Crippen molar-refractivity contribution in [2.75, 3.05) is 33.2 Å². The molecule has 0 amide bonds. The molecule has 2 heterocycles. The minimum atomic E-state index is -0.162. The van der Waals surface area contributed by atoms with Gasteiger partial charge in [-0.2, -0.15) is 0 Å². The summed E-state index contributed by atoms with van der Waals surface area (Å²) in [5.74, 6) is 1.51. The number of ether oxygens (including phenoxy) is 1. The summed E-state index contributed by atoms with van der Waals surface area (Å²) < 4.78 is 6.80. The summed E-state index contributed by atoms with van der Waals surface area (Å²) in [5, 5.41) is 11.1. The first kappa shape index (κ1) is 30.5. The lowest BCUT2D eigenvalue weighted by Crippen LogP contribution is -2.44. The molecule has 38 heavy (non-hydrogen) atoms. The van der Waals surface area contributed by atoms with Crippen LogP contribution in [-0.2, 0) is 13.0 Å². The molecule has 1 fully saturated rings. The van der Waals surface area contributed by atoms with Crippen LogP contribution in [0.4, 0.5) is 0 Å². The lowest BCUT2D eigenvalue weighted by atomic mass is 9.84. The van der Waals surface area contributed by atoms with Crippen LogP contribution in [-0.4, -0.2) is 53.7 Å². The zero-order valence-corrected chi connectivity index (χ0v) is 25.7. The van der Waals surface area contributed by atoms with E-state index in [4.69, 9.17) is 4.74 Å². The van der Waals surface area contributed by atoms with Gasteiger partial charge in [0.2, 0.25) is 0 Å². The third-order valence-electron chi connectivity index (χ3n) is 8.68. The monoisotopic (exact) mass is 522 g/mol. The van der Waals surface area contributed by atoms with Crippen LogP contribution in [0.25, 0.3) is 0 Å². The summed E-state index contributed by atoms with van der Waals surface area (Å²) in [5.41, 5.74) is 8.62. The van der Waals surface area contributed by atoms with Crippen LogP contribution >= 0.6 is 0 Å². The molecule has 1 aromatic carbocycles. The molecule has 4 nitrogen and oxygen atoms in total. The molecule has 212 valence electrons. The molecular weight excluding hydrogens is 468 g/mol. The Morgan fingerprint density at radius 1 is 0.895 bits per heavy atom. The fourth-order valence-corrected chi connectivity index (χ4v) is 5.77. The van der Waals surface area contributed by atoms with Gasteiger partial charge in [0.15, 0.2) is 0 Å². The van der Waals surface area contributed by atoms with Crippen molar-refractivity contribution in [3.63, 3.8) is 0 Å².